The van der Waals surface area contributed by atoms with E-state index < -0.39 is 0 Å². The summed E-state index contributed by atoms with van der Waals surface area (Å²) < 4.78 is 0. The van der Waals surface area contributed by atoms with Crippen molar-refractivity contribution in [3.05, 3.63) is 125 Å². The molecule has 1 aromatic heterocycles. The Labute approximate surface area is 327 Å². The molecule has 9 rings (SSSR count). The second kappa shape index (κ2) is 15.5. The summed E-state index contributed by atoms with van der Waals surface area (Å²) in [6.45, 7) is 1.72. The molecule has 3 aliphatic carbocycles. The minimum absolute atomic E-state index is 0.149. The van der Waals surface area contributed by atoms with Gasteiger partial charge in [-0.2, -0.15) is 0 Å². The average Bonchev–Trinajstić information content (AvgIpc) is 3.25. The maximum absolute atomic E-state index is 13.8. The Hall–Kier alpha value is -5.57. The van der Waals surface area contributed by atoms with Crippen LogP contribution in [0.15, 0.2) is 91.0 Å². The van der Waals surface area contributed by atoms with E-state index in [0.29, 0.717) is 59.7 Å². The van der Waals surface area contributed by atoms with Crippen LogP contribution >= 0.6 is 0 Å². The van der Waals surface area contributed by atoms with E-state index in [9.17, 15) is 19.2 Å². The van der Waals surface area contributed by atoms with Crippen LogP contribution in [0.25, 0.3) is 21.5 Å². The van der Waals surface area contributed by atoms with Gasteiger partial charge < -0.3 is 21.3 Å². The molecular weight excluding hydrogens is 699 g/mol. The van der Waals surface area contributed by atoms with Crippen molar-refractivity contribution in [1.29, 1.82) is 0 Å². The van der Waals surface area contributed by atoms with Gasteiger partial charge in [-0.25, -0.2) is 4.98 Å². The van der Waals surface area contributed by atoms with Gasteiger partial charge in [-0.1, -0.05) is 86.3 Å². The van der Waals surface area contributed by atoms with Gasteiger partial charge in [0.2, 0.25) is 0 Å². The summed E-state index contributed by atoms with van der Waals surface area (Å²) in [7, 11) is 0. The number of nitrogens with one attached hydrogen (secondary N) is 4. The fourth-order valence-electron chi connectivity index (χ4n) is 11.1. The third kappa shape index (κ3) is 6.82. The topological polar surface area (TPSA) is 129 Å². The van der Waals surface area contributed by atoms with Gasteiger partial charge in [-0.3, -0.25) is 19.2 Å². The third-order valence-electron chi connectivity index (χ3n) is 13.6. The molecule has 3 saturated carbocycles. The van der Waals surface area contributed by atoms with Crippen molar-refractivity contribution in [3.8, 4) is 0 Å². The number of nitrogens with zero attached hydrogens (tertiary/aromatic N) is 1. The summed E-state index contributed by atoms with van der Waals surface area (Å²) in [6.07, 6.45) is 9.30. The number of amides is 4. The minimum atomic E-state index is -0.353. The first kappa shape index (κ1) is 36.1. The molecule has 5 aromatic rings. The smallest absolute Gasteiger partial charge is 0.270 e. The second-order valence-corrected chi connectivity index (χ2v) is 16.4. The van der Waals surface area contributed by atoms with E-state index in [1.807, 2.05) is 48.5 Å². The summed E-state index contributed by atoms with van der Waals surface area (Å²) in [5.74, 6) is 1.64. The molecule has 9 heteroatoms. The molecule has 3 fully saturated rings. The van der Waals surface area contributed by atoms with E-state index in [-0.39, 0.29) is 48.1 Å². The first-order valence-corrected chi connectivity index (χ1v) is 20.6. The Morgan fingerprint density at radius 2 is 0.786 bits per heavy atom. The first-order chi connectivity index (χ1) is 27.4. The number of hydrogen-bond acceptors (Lipinski definition) is 5. The molecule has 56 heavy (non-hydrogen) atoms. The van der Waals surface area contributed by atoms with Crippen LogP contribution in [0.3, 0.4) is 0 Å². The van der Waals surface area contributed by atoms with Crippen LogP contribution in [0.4, 0.5) is 0 Å². The third-order valence-corrected chi connectivity index (χ3v) is 13.6. The van der Waals surface area contributed by atoms with Crippen molar-refractivity contribution in [2.75, 3.05) is 13.1 Å². The molecule has 4 N–H and O–H groups in total. The average molecular weight is 748 g/mol. The molecule has 6 atom stereocenters. The summed E-state index contributed by atoms with van der Waals surface area (Å²) in [4.78, 5) is 59.6. The number of carbonyl (C=O) groups excluding carboxylic acids is 4. The van der Waals surface area contributed by atoms with Crippen molar-refractivity contribution in [2.24, 2.45) is 35.5 Å². The molecule has 2 heterocycles. The van der Waals surface area contributed by atoms with E-state index in [2.05, 4.69) is 26.3 Å². The van der Waals surface area contributed by atoms with E-state index in [0.717, 1.165) is 58.4 Å². The van der Waals surface area contributed by atoms with Gasteiger partial charge in [0.1, 0.15) is 11.4 Å². The quantitative estimate of drug-likeness (QED) is 0.122. The van der Waals surface area contributed by atoms with Crippen LogP contribution in [0, 0.1) is 35.5 Å². The van der Waals surface area contributed by atoms with E-state index in [1.165, 1.54) is 25.7 Å². The fourth-order valence-corrected chi connectivity index (χ4v) is 11.1. The van der Waals surface area contributed by atoms with Gasteiger partial charge in [-0.15, -0.1) is 0 Å². The van der Waals surface area contributed by atoms with Crippen LogP contribution in [0.2, 0.25) is 0 Å². The summed E-state index contributed by atoms with van der Waals surface area (Å²) >= 11 is 0. The molecular formula is C47H49N5O4. The van der Waals surface area contributed by atoms with Crippen LogP contribution in [0.1, 0.15) is 104 Å². The maximum Gasteiger partial charge on any atom is 0.270 e. The molecule has 8 bridgehead atoms. The molecule has 286 valence electrons. The van der Waals surface area contributed by atoms with Crippen LogP contribution < -0.4 is 21.3 Å². The number of carbonyl (C=O) groups is 4. The van der Waals surface area contributed by atoms with E-state index >= 15 is 0 Å². The zero-order valence-electron chi connectivity index (χ0n) is 31.7. The van der Waals surface area contributed by atoms with Gasteiger partial charge in [0.05, 0.1) is 0 Å². The largest absolute Gasteiger partial charge is 0.352 e. The van der Waals surface area contributed by atoms with Crippen LogP contribution in [-0.2, 0) is 13.1 Å². The highest BCUT2D eigenvalue weighted by Gasteiger charge is 2.51. The highest BCUT2D eigenvalue weighted by atomic mass is 16.2. The number of benzene rings is 4. The van der Waals surface area contributed by atoms with Gasteiger partial charge in [0.15, 0.2) is 0 Å². The first-order valence-electron chi connectivity index (χ1n) is 20.6. The standard InChI is InChI=1S/C47H49N5O4/c53-44-28-11-9-12-29(23-28)45(54)49-25-39-32-15-3-7-19-36(32)41(37-20-8-4-16-33(37)39)27-51-47(56)43-22-10-21-42(52-43)46(55)50-26-40-34-17-5-1-13-30(34)38(24-48-44)31-14-2-6-18-35(31)40/h1-2,5-6,9-14,17-18,21-23,32-33,36-37,39,41H,3-4,7-8,15-16,19-20,24-27H2,(H,48,53)(H,49,54)(H,50,55)(H,51,56)/t32-,33?,36+,37-,39?,41?/m0/s1. The van der Waals surface area contributed by atoms with Gasteiger partial charge >= 0.3 is 0 Å². The summed E-state index contributed by atoms with van der Waals surface area (Å²) in [5.41, 5.74) is 3.26. The zero-order chi connectivity index (χ0) is 38.2. The van der Waals surface area contributed by atoms with Gasteiger partial charge in [-0.05, 0) is 124 Å². The maximum atomic E-state index is 13.8. The molecule has 0 radical (unpaired) electrons. The molecule has 4 aromatic carbocycles. The van der Waals surface area contributed by atoms with Crippen LogP contribution in [-0.4, -0.2) is 41.7 Å². The SMILES string of the molecule is O=C1NCc2c3ccccc3c(c3ccccc23)CNC(=O)c2cccc(n2)C(=O)NCC2[C@H]3CCCCC3C(CNC(=O)c3cccc1c3)[C@H]1CCCC[C@@H]21. The lowest BCUT2D eigenvalue weighted by Gasteiger charge is -2.56. The number of aromatic nitrogens is 1. The normalized spacial score (nSPS) is 26.1. The summed E-state index contributed by atoms with van der Waals surface area (Å²) in [6, 6.07) is 28.1. The Bertz CT molecular complexity index is 2100. The molecule has 4 amide bonds. The molecule has 3 unspecified atom stereocenters. The second-order valence-electron chi connectivity index (χ2n) is 16.4. The van der Waals surface area contributed by atoms with Crippen molar-refractivity contribution in [1.82, 2.24) is 26.3 Å². The molecule has 0 spiro atoms. The lowest BCUT2D eigenvalue weighted by atomic mass is 9.50. The Balaban J connectivity index is 1.08. The molecule has 4 aliphatic rings. The number of hydrogen-bond donors (Lipinski definition) is 4. The summed E-state index contributed by atoms with van der Waals surface area (Å²) in [5, 5.41) is 16.7. The minimum Gasteiger partial charge on any atom is -0.352 e. The van der Waals surface area contributed by atoms with Crippen molar-refractivity contribution >= 4 is 45.2 Å². The highest BCUT2D eigenvalue weighted by molar-refractivity contribution is 6.07. The number of rotatable bonds is 0. The van der Waals surface area contributed by atoms with Gasteiger partial charge in [0, 0.05) is 37.3 Å². The Morgan fingerprint density at radius 3 is 1.25 bits per heavy atom. The number of fused-ring (bicyclic) bond motifs is 10. The Kier molecular flexibility index (Phi) is 10.0. The van der Waals surface area contributed by atoms with E-state index in [1.54, 1.807) is 42.5 Å². The number of pyridine rings is 1. The predicted molar refractivity (Wildman–Crippen MR) is 217 cm³/mol. The van der Waals surface area contributed by atoms with Crippen molar-refractivity contribution in [3.63, 3.8) is 0 Å². The van der Waals surface area contributed by atoms with Crippen LogP contribution in [0.5, 0.6) is 0 Å². The molecule has 1 aliphatic heterocycles. The fraction of sp³-hybridized carbons (Fsp3) is 0.383. The molecule has 9 nitrogen and oxygen atoms in total. The van der Waals surface area contributed by atoms with Gasteiger partial charge in [0.25, 0.3) is 23.6 Å². The predicted octanol–water partition coefficient (Wildman–Crippen LogP) is 7.58. The zero-order valence-corrected chi connectivity index (χ0v) is 31.7. The Morgan fingerprint density at radius 1 is 0.411 bits per heavy atom. The molecule has 0 saturated heterocycles. The van der Waals surface area contributed by atoms with E-state index in [4.69, 9.17) is 0 Å². The van der Waals surface area contributed by atoms with Crippen molar-refractivity contribution in [2.45, 2.75) is 64.5 Å². The van der Waals surface area contributed by atoms with Crippen molar-refractivity contribution < 1.29 is 19.2 Å². The lowest BCUT2D eigenvalue weighted by molar-refractivity contribution is -0.0585. The highest BCUT2D eigenvalue weighted by Crippen LogP contribution is 2.55. The lowest BCUT2D eigenvalue weighted by Crippen LogP contribution is -2.54. The monoisotopic (exact) mass is 747 g/mol.